The van der Waals surface area contributed by atoms with Crippen molar-refractivity contribution < 1.29 is 23.9 Å². The highest BCUT2D eigenvalue weighted by atomic mass is 16.5. The highest BCUT2D eigenvalue weighted by Gasteiger charge is 2.35. The van der Waals surface area contributed by atoms with Crippen LogP contribution < -0.4 is 15.5 Å². The summed E-state index contributed by atoms with van der Waals surface area (Å²) in [6, 6.07) is 13.3. The van der Waals surface area contributed by atoms with E-state index in [2.05, 4.69) is 15.4 Å². The number of esters is 1. The van der Waals surface area contributed by atoms with Gasteiger partial charge in [-0.1, -0.05) is 6.07 Å². The van der Waals surface area contributed by atoms with Crippen molar-refractivity contribution in [1.29, 1.82) is 0 Å². The number of nitrogens with one attached hydrogen (secondary N) is 2. The third kappa shape index (κ3) is 4.78. The zero-order valence-electron chi connectivity index (χ0n) is 16.1. The van der Waals surface area contributed by atoms with Crippen LogP contribution in [0.5, 0.6) is 0 Å². The van der Waals surface area contributed by atoms with Crippen molar-refractivity contribution in [3.05, 3.63) is 54.1 Å². The van der Waals surface area contributed by atoms with E-state index in [1.807, 2.05) is 0 Å². The molecule has 0 aromatic heterocycles. The van der Waals surface area contributed by atoms with Crippen LogP contribution in [0.4, 0.5) is 17.1 Å². The Kier molecular flexibility index (Phi) is 5.92. The van der Waals surface area contributed by atoms with E-state index >= 15 is 0 Å². The molecule has 1 saturated heterocycles. The highest BCUT2D eigenvalue weighted by Crippen LogP contribution is 2.28. The molecule has 8 heteroatoms. The molecule has 0 radical (unpaired) electrons. The van der Waals surface area contributed by atoms with E-state index in [0.29, 0.717) is 22.6 Å². The van der Waals surface area contributed by atoms with Crippen molar-refractivity contribution in [1.82, 2.24) is 0 Å². The van der Waals surface area contributed by atoms with Crippen LogP contribution in [0.15, 0.2) is 48.5 Å². The van der Waals surface area contributed by atoms with Crippen molar-refractivity contribution in [2.45, 2.75) is 13.3 Å². The van der Waals surface area contributed by atoms with Gasteiger partial charge in [-0.05, 0) is 42.5 Å². The summed E-state index contributed by atoms with van der Waals surface area (Å²) in [5.74, 6) is -1.60. The summed E-state index contributed by atoms with van der Waals surface area (Å²) >= 11 is 0. The highest BCUT2D eigenvalue weighted by molar-refractivity contribution is 6.04. The summed E-state index contributed by atoms with van der Waals surface area (Å²) in [7, 11) is 1.30. The van der Waals surface area contributed by atoms with Gasteiger partial charge in [-0.15, -0.1) is 0 Å². The van der Waals surface area contributed by atoms with Crippen LogP contribution in [0.25, 0.3) is 0 Å². The zero-order valence-corrected chi connectivity index (χ0v) is 16.1. The Morgan fingerprint density at radius 2 is 1.76 bits per heavy atom. The molecule has 3 amide bonds. The predicted molar refractivity (Wildman–Crippen MR) is 108 cm³/mol. The molecule has 0 aliphatic carbocycles. The van der Waals surface area contributed by atoms with Gasteiger partial charge in [-0.25, -0.2) is 4.79 Å². The second-order valence-electron chi connectivity index (χ2n) is 6.70. The largest absolute Gasteiger partial charge is 0.465 e. The number of benzene rings is 2. The summed E-state index contributed by atoms with van der Waals surface area (Å²) in [6.07, 6.45) is 0.0937. The van der Waals surface area contributed by atoms with E-state index in [9.17, 15) is 19.2 Å². The Morgan fingerprint density at radius 1 is 1.03 bits per heavy atom. The van der Waals surface area contributed by atoms with E-state index < -0.39 is 11.9 Å². The maximum absolute atomic E-state index is 12.6. The molecule has 2 aromatic carbocycles. The van der Waals surface area contributed by atoms with Gasteiger partial charge in [0.25, 0.3) is 0 Å². The number of nitrogens with zero attached hydrogens (tertiary/aromatic N) is 1. The average Bonchev–Trinajstić information content (AvgIpc) is 3.09. The lowest BCUT2D eigenvalue weighted by molar-refractivity contribution is -0.122. The molecule has 2 N–H and O–H groups in total. The number of methoxy groups -OCH3 is 1. The van der Waals surface area contributed by atoms with E-state index in [1.54, 1.807) is 48.5 Å². The van der Waals surface area contributed by atoms with Crippen LogP contribution in [0.3, 0.4) is 0 Å². The Labute approximate surface area is 167 Å². The molecule has 1 atom stereocenters. The monoisotopic (exact) mass is 395 g/mol. The fourth-order valence-corrected chi connectivity index (χ4v) is 3.14. The van der Waals surface area contributed by atoms with Gasteiger partial charge in [-0.3, -0.25) is 14.4 Å². The predicted octanol–water partition coefficient (Wildman–Crippen LogP) is 2.42. The van der Waals surface area contributed by atoms with Gasteiger partial charge in [0.15, 0.2) is 0 Å². The number of carbonyl (C=O) groups excluding carboxylic acids is 4. The van der Waals surface area contributed by atoms with Crippen molar-refractivity contribution >= 4 is 40.8 Å². The Morgan fingerprint density at radius 3 is 2.41 bits per heavy atom. The molecular weight excluding hydrogens is 374 g/mol. The van der Waals surface area contributed by atoms with Crippen LogP contribution in [-0.4, -0.2) is 37.3 Å². The van der Waals surface area contributed by atoms with Gasteiger partial charge >= 0.3 is 5.97 Å². The molecule has 29 heavy (non-hydrogen) atoms. The first-order valence-electron chi connectivity index (χ1n) is 9.04. The lowest BCUT2D eigenvalue weighted by Gasteiger charge is -2.18. The number of anilines is 3. The van der Waals surface area contributed by atoms with Crippen LogP contribution in [0.2, 0.25) is 0 Å². The SMILES string of the molecule is COC(=O)c1ccc(NC(=O)[C@@H]2CC(=O)N(c3cccc(NC(C)=O)c3)C2)cc1. The molecule has 3 rings (SSSR count). The van der Waals surface area contributed by atoms with Gasteiger partial charge in [0.1, 0.15) is 0 Å². The topological polar surface area (TPSA) is 105 Å². The van der Waals surface area contributed by atoms with Crippen molar-refractivity contribution in [3.63, 3.8) is 0 Å². The summed E-state index contributed by atoms with van der Waals surface area (Å²) in [4.78, 5) is 49.3. The number of carbonyl (C=O) groups is 4. The third-order valence-corrected chi connectivity index (χ3v) is 4.55. The van der Waals surface area contributed by atoms with Crippen LogP contribution >= 0.6 is 0 Å². The number of amides is 3. The summed E-state index contributed by atoms with van der Waals surface area (Å²) in [5, 5.41) is 5.45. The number of hydrogen-bond acceptors (Lipinski definition) is 5. The molecule has 150 valence electrons. The molecule has 2 aromatic rings. The lowest BCUT2D eigenvalue weighted by Crippen LogP contribution is -2.28. The molecule has 0 unspecified atom stereocenters. The van der Waals surface area contributed by atoms with Gasteiger partial charge in [0.2, 0.25) is 17.7 Å². The molecule has 0 saturated carbocycles. The second kappa shape index (κ2) is 8.55. The maximum Gasteiger partial charge on any atom is 0.337 e. The first-order valence-corrected chi connectivity index (χ1v) is 9.04. The minimum Gasteiger partial charge on any atom is -0.465 e. The summed E-state index contributed by atoms with van der Waals surface area (Å²) in [6.45, 7) is 1.65. The molecule has 1 aliphatic heterocycles. The third-order valence-electron chi connectivity index (χ3n) is 4.55. The van der Waals surface area contributed by atoms with E-state index in [-0.39, 0.29) is 30.7 Å². The van der Waals surface area contributed by atoms with Crippen molar-refractivity contribution in [3.8, 4) is 0 Å². The average molecular weight is 395 g/mol. The zero-order chi connectivity index (χ0) is 21.0. The lowest BCUT2D eigenvalue weighted by atomic mass is 10.1. The Bertz CT molecular complexity index is 955. The standard InChI is InChI=1S/C21H21N3O5/c1-13(25)22-17-4-3-5-18(11-17)24-12-15(10-19(24)26)20(27)23-16-8-6-14(7-9-16)21(28)29-2/h3-9,11,15H,10,12H2,1-2H3,(H,22,25)(H,23,27)/t15-/m1/s1. The summed E-state index contributed by atoms with van der Waals surface area (Å²) < 4.78 is 4.64. The van der Waals surface area contributed by atoms with Crippen molar-refractivity contribution in [2.24, 2.45) is 5.92 Å². The molecule has 0 spiro atoms. The first-order chi connectivity index (χ1) is 13.9. The van der Waals surface area contributed by atoms with Crippen LogP contribution in [0.1, 0.15) is 23.7 Å². The fourth-order valence-electron chi connectivity index (χ4n) is 3.14. The van der Waals surface area contributed by atoms with E-state index in [0.717, 1.165) is 0 Å². The number of rotatable bonds is 5. The molecule has 1 aliphatic rings. The minimum absolute atomic E-state index is 0.0937. The van der Waals surface area contributed by atoms with Gasteiger partial charge in [0.05, 0.1) is 18.6 Å². The number of hydrogen-bond donors (Lipinski definition) is 2. The fraction of sp³-hybridized carbons (Fsp3) is 0.238. The summed E-state index contributed by atoms with van der Waals surface area (Å²) in [5.41, 5.74) is 2.12. The molecular formula is C21H21N3O5. The van der Waals surface area contributed by atoms with Gasteiger partial charge < -0.3 is 20.3 Å². The first kappa shape index (κ1) is 20.1. The van der Waals surface area contributed by atoms with Gasteiger partial charge in [-0.2, -0.15) is 0 Å². The normalized spacial score (nSPS) is 15.7. The van der Waals surface area contributed by atoms with E-state index in [4.69, 9.17) is 0 Å². The Balaban J connectivity index is 1.66. The Hall–Kier alpha value is -3.68. The molecule has 1 heterocycles. The second-order valence-corrected chi connectivity index (χ2v) is 6.70. The quantitative estimate of drug-likeness (QED) is 0.757. The minimum atomic E-state index is -0.507. The number of ether oxygens (including phenoxy) is 1. The molecule has 0 bridgehead atoms. The van der Waals surface area contributed by atoms with Crippen LogP contribution in [-0.2, 0) is 19.1 Å². The smallest absolute Gasteiger partial charge is 0.337 e. The van der Waals surface area contributed by atoms with Gasteiger partial charge in [0, 0.05) is 37.0 Å². The molecule has 8 nitrogen and oxygen atoms in total. The van der Waals surface area contributed by atoms with Crippen LogP contribution in [0, 0.1) is 5.92 Å². The molecule has 1 fully saturated rings. The van der Waals surface area contributed by atoms with E-state index in [1.165, 1.54) is 18.9 Å². The maximum atomic E-state index is 12.6. The van der Waals surface area contributed by atoms with Crippen molar-refractivity contribution in [2.75, 3.05) is 29.2 Å².